The molecule has 0 saturated heterocycles. The quantitative estimate of drug-likeness (QED) is 0.683. The van der Waals surface area contributed by atoms with Crippen LogP contribution in [0.3, 0.4) is 0 Å². The SMILES string of the molecule is CCc1cc(C(C)=O)c(C)cc1OC(C)(C)CC(C)(C)C. The van der Waals surface area contributed by atoms with Crippen LogP contribution in [0.25, 0.3) is 0 Å². The molecule has 0 amide bonds. The lowest BCUT2D eigenvalue weighted by Gasteiger charge is -2.34. The molecule has 1 rings (SSSR count). The van der Waals surface area contributed by atoms with Crippen LogP contribution in [0.2, 0.25) is 0 Å². The van der Waals surface area contributed by atoms with E-state index in [0.29, 0.717) is 0 Å². The summed E-state index contributed by atoms with van der Waals surface area (Å²) in [5.41, 5.74) is 2.87. The van der Waals surface area contributed by atoms with Crippen molar-refractivity contribution < 1.29 is 9.53 Å². The lowest BCUT2D eigenvalue weighted by atomic mass is 9.83. The van der Waals surface area contributed by atoms with Gasteiger partial charge in [0.2, 0.25) is 0 Å². The minimum absolute atomic E-state index is 0.114. The second kappa shape index (κ2) is 6.21. The van der Waals surface area contributed by atoms with Crippen LogP contribution in [-0.4, -0.2) is 11.4 Å². The summed E-state index contributed by atoms with van der Waals surface area (Å²) in [4.78, 5) is 11.7. The van der Waals surface area contributed by atoms with Crippen molar-refractivity contribution in [3.8, 4) is 5.75 Å². The number of carbonyl (C=O) groups is 1. The summed E-state index contributed by atoms with van der Waals surface area (Å²) in [5.74, 6) is 1.02. The fraction of sp³-hybridized carbons (Fsp3) is 0.632. The first-order valence-corrected chi connectivity index (χ1v) is 7.78. The molecule has 0 atom stereocenters. The molecule has 0 spiro atoms. The summed E-state index contributed by atoms with van der Waals surface area (Å²) in [6.45, 7) is 16.6. The topological polar surface area (TPSA) is 26.3 Å². The number of benzene rings is 1. The average molecular weight is 290 g/mol. The fourth-order valence-corrected chi connectivity index (χ4v) is 3.09. The van der Waals surface area contributed by atoms with E-state index in [1.807, 2.05) is 19.1 Å². The number of hydrogen-bond donors (Lipinski definition) is 0. The molecule has 0 aliphatic rings. The number of ketones is 1. The molecule has 2 heteroatoms. The van der Waals surface area contributed by atoms with Crippen LogP contribution in [0.1, 0.15) is 76.4 Å². The van der Waals surface area contributed by atoms with Gasteiger partial charge in [0.25, 0.3) is 0 Å². The van der Waals surface area contributed by atoms with Gasteiger partial charge in [-0.3, -0.25) is 4.79 Å². The van der Waals surface area contributed by atoms with E-state index >= 15 is 0 Å². The third-order valence-corrected chi connectivity index (χ3v) is 3.51. The highest BCUT2D eigenvalue weighted by Gasteiger charge is 2.28. The average Bonchev–Trinajstić information content (AvgIpc) is 2.24. The number of carbonyl (C=O) groups excluding carboxylic acids is 1. The molecule has 2 nitrogen and oxygen atoms in total. The molecule has 0 unspecified atom stereocenters. The Morgan fingerprint density at radius 2 is 1.71 bits per heavy atom. The van der Waals surface area contributed by atoms with E-state index in [1.54, 1.807) is 6.92 Å². The molecule has 21 heavy (non-hydrogen) atoms. The van der Waals surface area contributed by atoms with Crippen molar-refractivity contribution in [2.45, 2.75) is 73.8 Å². The maximum atomic E-state index is 11.7. The van der Waals surface area contributed by atoms with Crippen LogP contribution in [-0.2, 0) is 6.42 Å². The predicted molar refractivity (Wildman–Crippen MR) is 89.3 cm³/mol. The summed E-state index contributed by atoms with van der Waals surface area (Å²) < 4.78 is 6.30. The summed E-state index contributed by atoms with van der Waals surface area (Å²) in [7, 11) is 0. The smallest absolute Gasteiger partial charge is 0.160 e. The minimum atomic E-state index is -0.230. The maximum absolute atomic E-state index is 11.7. The Bertz CT molecular complexity index is 519. The number of Topliss-reactive ketones (excluding diaryl/α,β-unsaturated/α-hetero) is 1. The molecular weight excluding hydrogens is 260 g/mol. The van der Waals surface area contributed by atoms with E-state index < -0.39 is 0 Å². The van der Waals surface area contributed by atoms with E-state index in [1.165, 1.54) is 0 Å². The number of aryl methyl sites for hydroxylation is 2. The molecule has 0 aliphatic carbocycles. The Morgan fingerprint density at radius 1 is 1.14 bits per heavy atom. The maximum Gasteiger partial charge on any atom is 0.160 e. The van der Waals surface area contributed by atoms with Crippen molar-refractivity contribution in [1.29, 1.82) is 0 Å². The van der Waals surface area contributed by atoms with Gasteiger partial charge in [-0.15, -0.1) is 0 Å². The summed E-state index contributed by atoms with van der Waals surface area (Å²) in [5, 5.41) is 0. The zero-order chi connectivity index (χ0) is 16.4. The molecule has 0 heterocycles. The first-order valence-electron chi connectivity index (χ1n) is 7.78. The Labute approximate surface area is 129 Å². The van der Waals surface area contributed by atoms with Crippen molar-refractivity contribution in [3.05, 3.63) is 28.8 Å². The standard InChI is InChI=1S/C19H30O2/c1-9-15-11-16(14(3)20)13(2)10-17(15)21-19(7,8)12-18(4,5)6/h10-11H,9,12H2,1-8H3. The van der Waals surface area contributed by atoms with Gasteiger partial charge in [0.05, 0.1) is 0 Å². The molecule has 0 saturated carbocycles. The molecule has 0 N–H and O–H groups in total. The molecule has 0 aromatic heterocycles. The first kappa shape index (κ1) is 17.7. The molecule has 0 fully saturated rings. The molecule has 0 radical (unpaired) electrons. The minimum Gasteiger partial charge on any atom is -0.488 e. The Morgan fingerprint density at radius 3 is 2.14 bits per heavy atom. The van der Waals surface area contributed by atoms with Gasteiger partial charge in [0.15, 0.2) is 5.78 Å². The predicted octanol–water partition coefficient (Wildman–Crippen LogP) is 5.35. The number of ether oxygens (including phenoxy) is 1. The van der Waals surface area contributed by atoms with Crippen LogP contribution in [0, 0.1) is 12.3 Å². The third kappa shape index (κ3) is 5.18. The molecule has 1 aromatic carbocycles. The van der Waals surface area contributed by atoms with Gasteiger partial charge >= 0.3 is 0 Å². The lowest BCUT2D eigenvalue weighted by Crippen LogP contribution is -2.33. The zero-order valence-electron chi connectivity index (χ0n) is 14.9. The first-order chi connectivity index (χ1) is 9.45. The van der Waals surface area contributed by atoms with Gasteiger partial charge in [-0.1, -0.05) is 27.7 Å². The Hall–Kier alpha value is -1.31. The van der Waals surface area contributed by atoms with Crippen LogP contribution >= 0.6 is 0 Å². The van der Waals surface area contributed by atoms with E-state index in [4.69, 9.17) is 4.74 Å². The van der Waals surface area contributed by atoms with E-state index in [-0.39, 0.29) is 16.8 Å². The van der Waals surface area contributed by atoms with Crippen molar-refractivity contribution in [2.75, 3.05) is 0 Å². The monoisotopic (exact) mass is 290 g/mol. The van der Waals surface area contributed by atoms with E-state index in [2.05, 4.69) is 41.5 Å². The normalized spacial score (nSPS) is 12.4. The second-order valence-electron chi connectivity index (χ2n) is 7.78. The highest BCUT2D eigenvalue weighted by molar-refractivity contribution is 5.96. The van der Waals surface area contributed by atoms with Gasteiger partial charge in [-0.05, 0) is 69.2 Å². The van der Waals surface area contributed by atoms with Crippen LogP contribution in [0.4, 0.5) is 0 Å². The van der Waals surface area contributed by atoms with Crippen molar-refractivity contribution in [2.24, 2.45) is 5.41 Å². The second-order valence-corrected chi connectivity index (χ2v) is 7.78. The van der Waals surface area contributed by atoms with Gasteiger partial charge < -0.3 is 4.74 Å². The van der Waals surface area contributed by atoms with E-state index in [0.717, 1.165) is 35.3 Å². The molecule has 0 bridgehead atoms. The fourth-order valence-electron chi connectivity index (χ4n) is 3.09. The zero-order valence-corrected chi connectivity index (χ0v) is 14.9. The highest BCUT2D eigenvalue weighted by Crippen LogP contribution is 2.33. The summed E-state index contributed by atoms with van der Waals surface area (Å²) >= 11 is 0. The van der Waals surface area contributed by atoms with Crippen molar-refractivity contribution in [3.63, 3.8) is 0 Å². The summed E-state index contributed by atoms with van der Waals surface area (Å²) in [6.07, 6.45) is 1.83. The van der Waals surface area contributed by atoms with Gasteiger partial charge in [0.1, 0.15) is 11.4 Å². The Balaban J connectivity index is 3.14. The van der Waals surface area contributed by atoms with Gasteiger partial charge in [-0.2, -0.15) is 0 Å². The van der Waals surface area contributed by atoms with Crippen LogP contribution in [0.15, 0.2) is 12.1 Å². The molecular formula is C19H30O2. The molecule has 118 valence electrons. The van der Waals surface area contributed by atoms with Gasteiger partial charge in [-0.25, -0.2) is 0 Å². The van der Waals surface area contributed by atoms with Crippen molar-refractivity contribution in [1.82, 2.24) is 0 Å². The molecule has 0 aliphatic heterocycles. The largest absolute Gasteiger partial charge is 0.488 e. The lowest BCUT2D eigenvalue weighted by molar-refractivity contribution is 0.0612. The highest BCUT2D eigenvalue weighted by atomic mass is 16.5. The number of hydrogen-bond acceptors (Lipinski definition) is 2. The van der Waals surface area contributed by atoms with Crippen LogP contribution in [0.5, 0.6) is 5.75 Å². The Kier molecular flexibility index (Phi) is 5.25. The van der Waals surface area contributed by atoms with E-state index in [9.17, 15) is 4.79 Å². The molecule has 1 aromatic rings. The number of rotatable bonds is 5. The van der Waals surface area contributed by atoms with Gasteiger partial charge in [0, 0.05) is 5.56 Å². The summed E-state index contributed by atoms with van der Waals surface area (Å²) in [6, 6.07) is 4.00. The third-order valence-electron chi connectivity index (χ3n) is 3.51. The van der Waals surface area contributed by atoms with Crippen molar-refractivity contribution >= 4 is 5.78 Å². The van der Waals surface area contributed by atoms with Crippen LogP contribution < -0.4 is 4.74 Å².